The van der Waals surface area contributed by atoms with Gasteiger partial charge in [0.1, 0.15) is 0 Å². The number of fused-ring (bicyclic) bond motifs is 1. The van der Waals surface area contributed by atoms with Gasteiger partial charge in [0.15, 0.2) is 0 Å². The van der Waals surface area contributed by atoms with E-state index in [9.17, 15) is 0 Å². The maximum atomic E-state index is 3.31. The molecule has 0 aromatic heterocycles. The summed E-state index contributed by atoms with van der Waals surface area (Å²) in [5.74, 6) is 0.649. The Morgan fingerprint density at radius 1 is 1.29 bits per heavy atom. The molecule has 1 aromatic carbocycles. The van der Waals surface area contributed by atoms with Gasteiger partial charge in [-0.3, -0.25) is 0 Å². The highest BCUT2D eigenvalue weighted by atomic mass is 15.2. The lowest BCUT2D eigenvalue weighted by Crippen LogP contribution is -2.28. The predicted octanol–water partition coefficient (Wildman–Crippen LogP) is 3.30. The first-order valence-electron chi connectivity index (χ1n) is 6.62. The minimum absolute atomic E-state index is 0.431. The first kappa shape index (κ1) is 12.4. The molecule has 2 nitrogen and oxygen atoms in total. The average Bonchev–Trinajstić information content (AvgIpc) is 2.65. The summed E-state index contributed by atoms with van der Waals surface area (Å²) in [4.78, 5) is 2.51. The quantitative estimate of drug-likeness (QED) is 0.860. The van der Waals surface area contributed by atoms with Crippen LogP contribution in [0.15, 0.2) is 18.2 Å². The van der Waals surface area contributed by atoms with Gasteiger partial charge in [-0.2, -0.15) is 0 Å². The van der Waals surface area contributed by atoms with E-state index in [4.69, 9.17) is 0 Å². The van der Waals surface area contributed by atoms with E-state index < -0.39 is 0 Å². The molecule has 1 heterocycles. The molecule has 1 aliphatic rings. The van der Waals surface area contributed by atoms with Gasteiger partial charge in [0.05, 0.1) is 0 Å². The Bertz CT molecular complexity index is 398. The predicted molar refractivity (Wildman–Crippen MR) is 74.8 cm³/mol. The Labute approximate surface area is 105 Å². The summed E-state index contributed by atoms with van der Waals surface area (Å²) in [5.41, 5.74) is 4.33. The lowest BCUT2D eigenvalue weighted by atomic mass is 9.98. The molecule has 2 atom stereocenters. The minimum Gasteiger partial charge on any atom is -0.368 e. The highest BCUT2D eigenvalue weighted by molar-refractivity contribution is 5.61. The van der Waals surface area contributed by atoms with Crippen LogP contribution in [0.5, 0.6) is 0 Å². The zero-order chi connectivity index (χ0) is 12.6. The van der Waals surface area contributed by atoms with Crippen LogP contribution < -0.4 is 10.2 Å². The van der Waals surface area contributed by atoms with E-state index in [0.717, 1.165) is 6.54 Å². The molecule has 1 aliphatic heterocycles. The highest BCUT2D eigenvalue weighted by Crippen LogP contribution is 2.38. The minimum atomic E-state index is 0.431. The van der Waals surface area contributed by atoms with Crippen molar-refractivity contribution in [2.24, 2.45) is 0 Å². The van der Waals surface area contributed by atoms with Crippen LogP contribution in [-0.4, -0.2) is 19.6 Å². The van der Waals surface area contributed by atoms with E-state index in [1.165, 1.54) is 16.8 Å². The summed E-state index contributed by atoms with van der Waals surface area (Å²) in [6.45, 7) is 10.2. The fourth-order valence-corrected chi connectivity index (χ4v) is 2.65. The third kappa shape index (κ3) is 2.19. The number of nitrogens with zero attached hydrogens (tertiary/aromatic N) is 1. The summed E-state index contributed by atoms with van der Waals surface area (Å²) in [6.07, 6.45) is 0. The number of nitrogens with one attached hydrogen (secondary N) is 1. The standard InChI is InChI=1S/C15H24N2/c1-10(2)17-9-11(3)14-8-13(12(4)16-5)6-7-15(14)17/h6-8,10-12,16H,9H2,1-5H3. The van der Waals surface area contributed by atoms with Gasteiger partial charge in [-0.05, 0) is 45.0 Å². The summed E-state index contributed by atoms with van der Waals surface area (Å²) in [7, 11) is 2.02. The summed E-state index contributed by atoms with van der Waals surface area (Å²) >= 11 is 0. The van der Waals surface area contributed by atoms with E-state index in [0.29, 0.717) is 18.0 Å². The lowest BCUT2D eigenvalue weighted by Gasteiger charge is -2.24. The van der Waals surface area contributed by atoms with Gasteiger partial charge in [-0.15, -0.1) is 0 Å². The Morgan fingerprint density at radius 2 is 2.00 bits per heavy atom. The highest BCUT2D eigenvalue weighted by Gasteiger charge is 2.27. The van der Waals surface area contributed by atoms with Crippen LogP contribution in [0.25, 0.3) is 0 Å². The molecule has 1 aromatic rings. The van der Waals surface area contributed by atoms with Crippen LogP contribution in [0.3, 0.4) is 0 Å². The second-order valence-corrected chi connectivity index (χ2v) is 5.48. The molecule has 0 saturated carbocycles. The molecule has 0 saturated heterocycles. The van der Waals surface area contributed by atoms with E-state index in [2.05, 4.69) is 56.1 Å². The van der Waals surface area contributed by atoms with Crippen LogP contribution >= 0.6 is 0 Å². The molecule has 2 rings (SSSR count). The third-order valence-corrected chi connectivity index (χ3v) is 3.92. The van der Waals surface area contributed by atoms with Crippen molar-refractivity contribution in [1.82, 2.24) is 5.32 Å². The lowest BCUT2D eigenvalue weighted by molar-refractivity contribution is 0.650. The van der Waals surface area contributed by atoms with Crippen molar-refractivity contribution in [3.63, 3.8) is 0 Å². The molecule has 1 N–H and O–H groups in total. The van der Waals surface area contributed by atoms with Gasteiger partial charge in [0.2, 0.25) is 0 Å². The smallest absolute Gasteiger partial charge is 0.0404 e. The topological polar surface area (TPSA) is 15.3 Å². The second-order valence-electron chi connectivity index (χ2n) is 5.48. The first-order chi connectivity index (χ1) is 8.04. The molecule has 17 heavy (non-hydrogen) atoms. The Hall–Kier alpha value is -1.02. The first-order valence-corrected chi connectivity index (χ1v) is 6.62. The van der Waals surface area contributed by atoms with Crippen molar-refractivity contribution in [3.8, 4) is 0 Å². The molecular formula is C15H24N2. The zero-order valence-corrected chi connectivity index (χ0v) is 11.6. The van der Waals surface area contributed by atoms with Crippen LogP contribution in [0.2, 0.25) is 0 Å². The molecule has 94 valence electrons. The van der Waals surface area contributed by atoms with Gasteiger partial charge >= 0.3 is 0 Å². The van der Waals surface area contributed by atoms with Gasteiger partial charge in [-0.1, -0.05) is 19.1 Å². The van der Waals surface area contributed by atoms with E-state index in [1.54, 1.807) is 0 Å². The molecule has 0 amide bonds. The number of rotatable bonds is 3. The van der Waals surface area contributed by atoms with Crippen LogP contribution in [0, 0.1) is 0 Å². The number of hydrogen-bond donors (Lipinski definition) is 1. The molecule has 0 fully saturated rings. The average molecular weight is 232 g/mol. The Kier molecular flexibility index (Phi) is 3.43. The number of anilines is 1. The maximum absolute atomic E-state index is 3.31. The summed E-state index contributed by atoms with van der Waals surface area (Å²) in [6, 6.07) is 7.95. The van der Waals surface area contributed by atoms with E-state index in [1.807, 2.05) is 7.05 Å². The molecule has 0 bridgehead atoms. The summed E-state index contributed by atoms with van der Waals surface area (Å²) in [5, 5.41) is 3.31. The number of benzene rings is 1. The Morgan fingerprint density at radius 3 is 2.59 bits per heavy atom. The molecule has 0 aliphatic carbocycles. The maximum Gasteiger partial charge on any atom is 0.0404 e. The van der Waals surface area contributed by atoms with Crippen LogP contribution in [-0.2, 0) is 0 Å². The fraction of sp³-hybridized carbons (Fsp3) is 0.600. The largest absolute Gasteiger partial charge is 0.368 e. The van der Waals surface area contributed by atoms with Crippen molar-refractivity contribution in [1.29, 1.82) is 0 Å². The van der Waals surface area contributed by atoms with E-state index >= 15 is 0 Å². The molecule has 2 unspecified atom stereocenters. The normalized spacial score (nSPS) is 20.8. The molecule has 0 spiro atoms. The third-order valence-electron chi connectivity index (χ3n) is 3.92. The van der Waals surface area contributed by atoms with Crippen molar-refractivity contribution in [2.45, 2.75) is 45.7 Å². The molecule has 2 heteroatoms. The fourth-order valence-electron chi connectivity index (χ4n) is 2.65. The van der Waals surface area contributed by atoms with Crippen molar-refractivity contribution in [3.05, 3.63) is 29.3 Å². The van der Waals surface area contributed by atoms with Gasteiger partial charge in [0.25, 0.3) is 0 Å². The second kappa shape index (κ2) is 4.69. The van der Waals surface area contributed by atoms with Gasteiger partial charge in [-0.25, -0.2) is 0 Å². The number of hydrogen-bond acceptors (Lipinski definition) is 2. The zero-order valence-electron chi connectivity index (χ0n) is 11.6. The van der Waals surface area contributed by atoms with Crippen molar-refractivity contribution < 1.29 is 0 Å². The Balaban J connectivity index is 2.37. The summed E-state index contributed by atoms with van der Waals surface area (Å²) < 4.78 is 0. The van der Waals surface area contributed by atoms with E-state index in [-0.39, 0.29) is 0 Å². The molecule has 0 radical (unpaired) electrons. The van der Waals surface area contributed by atoms with Gasteiger partial charge < -0.3 is 10.2 Å². The monoisotopic (exact) mass is 232 g/mol. The van der Waals surface area contributed by atoms with Crippen molar-refractivity contribution >= 4 is 5.69 Å². The van der Waals surface area contributed by atoms with Crippen molar-refractivity contribution in [2.75, 3.05) is 18.5 Å². The van der Waals surface area contributed by atoms with Crippen LogP contribution in [0.1, 0.15) is 50.8 Å². The molecular weight excluding hydrogens is 208 g/mol. The van der Waals surface area contributed by atoms with Crippen LogP contribution in [0.4, 0.5) is 5.69 Å². The van der Waals surface area contributed by atoms with Gasteiger partial charge in [0, 0.05) is 30.2 Å². The SMILES string of the molecule is CNC(C)c1ccc2c(c1)C(C)CN2C(C)C.